The van der Waals surface area contributed by atoms with Gasteiger partial charge in [-0.3, -0.25) is 9.20 Å². The fourth-order valence-corrected chi connectivity index (χ4v) is 4.83. The van der Waals surface area contributed by atoms with E-state index in [1.54, 1.807) is 16.7 Å². The molecular weight excluding hydrogens is 366 g/mol. The van der Waals surface area contributed by atoms with E-state index in [9.17, 15) is 4.79 Å². The maximum Gasteiger partial charge on any atom is 0.258 e. The van der Waals surface area contributed by atoms with Crippen LogP contribution in [0.25, 0.3) is 4.96 Å². The fourth-order valence-electron chi connectivity index (χ4n) is 2.44. The summed E-state index contributed by atoms with van der Waals surface area (Å²) in [7, 11) is 0. The van der Waals surface area contributed by atoms with Gasteiger partial charge >= 0.3 is 0 Å². The van der Waals surface area contributed by atoms with Crippen LogP contribution in [0.1, 0.15) is 18.5 Å². The highest BCUT2D eigenvalue weighted by Gasteiger charge is 2.16. The van der Waals surface area contributed by atoms with E-state index in [0.29, 0.717) is 10.7 Å². The first-order valence-electron chi connectivity index (χ1n) is 7.55. The molecule has 7 nitrogen and oxygen atoms in total. The van der Waals surface area contributed by atoms with Gasteiger partial charge in [-0.05, 0) is 12.8 Å². The lowest BCUT2D eigenvalue weighted by molar-refractivity contribution is 0.120. The van der Waals surface area contributed by atoms with Gasteiger partial charge in [-0.1, -0.05) is 23.1 Å². The van der Waals surface area contributed by atoms with Crippen molar-refractivity contribution in [2.24, 2.45) is 0 Å². The maximum absolute atomic E-state index is 12.0. The quantitative estimate of drug-likeness (QED) is 0.657. The van der Waals surface area contributed by atoms with Crippen molar-refractivity contribution in [3.63, 3.8) is 0 Å². The number of hydrogen-bond donors (Lipinski definition) is 1. The Kier molecular flexibility index (Phi) is 4.79. The number of thiazole rings is 1. The molecule has 126 valence electrons. The smallest absolute Gasteiger partial charge is 0.258 e. The summed E-state index contributed by atoms with van der Waals surface area (Å²) in [6.07, 6.45) is 4.24. The third kappa shape index (κ3) is 3.61. The molecule has 4 heterocycles. The second-order valence-electron chi connectivity index (χ2n) is 5.32. The van der Waals surface area contributed by atoms with Gasteiger partial charge in [0.15, 0.2) is 9.30 Å². The zero-order chi connectivity index (χ0) is 16.4. The summed E-state index contributed by atoms with van der Waals surface area (Å²) < 4.78 is 7.99. The molecule has 0 unspecified atom stereocenters. The Morgan fingerprint density at radius 3 is 3.29 bits per heavy atom. The summed E-state index contributed by atoms with van der Waals surface area (Å²) in [6, 6.07) is 1.57. The molecule has 3 aromatic rings. The van der Waals surface area contributed by atoms with E-state index in [2.05, 4.69) is 20.5 Å². The number of anilines is 1. The molecule has 4 rings (SSSR count). The molecule has 0 amide bonds. The minimum absolute atomic E-state index is 0.0481. The first-order chi connectivity index (χ1) is 11.8. The van der Waals surface area contributed by atoms with E-state index >= 15 is 0 Å². The SMILES string of the molecule is O=c1cc(CSc2nnc(NC[C@@H]3CCCO3)s2)nc2sccn12. The molecule has 1 aliphatic heterocycles. The summed E-state index contributed by atoms with van der Waals surface area (Å²) in [4.78, 5) is 17.2. The molecule has 1 N–H and O–H groups in total. The monoisotopic (exact) mass is 381 g/mol. The van der Waals surface area contributed by atoms with Gasteiger partial charge in [0, 0.05) is 36.5 Å². The van der Waals surface area contributed by atoms with Crippen LogP contribution in [0, 0.1) is 0 Å². The Balaban J connectivity index is 1.35. The minimum atomic E-state index is -0.0481. The predicted molar refractivity (Wildman–Crippen MR) is 96.3 cm³/mol. The van der Waals surface area contributed by atoms with Crippen molar-refractivity contribution in [2.75, 3.05) is 18.5 Å². The van der Waals surface area contributed by atoms with Crippen LogP contribution in [0.3, 0.4) is 0 Å². The summed E-state index contributed by atoms with van der Waals surface area (Å²) in [5.74, 6) is 0.601. The molecule has 0 spiro atoms. The average Bonchev–Trinajstić information content (AvgIpc) is 3.32. The molecule has 0 saturated carbocycles. The molecule has 24 heavy (non-hydrogen) atoms. The molecule has 0 bridgehead atoms. The molecule has 1 saturated heterocycles. The van der Waals surface area contributed by atoms with Crippen molar-refractivity contribution in [3.05, 3.63) is 33.7 Å². The second-order valence-corrected chi connectivity index (χ2v) is 8.39. The molecule has 0 radical (unpaired) electrons. The third-order valence-electron chi connectivity index (χ3n) is 3.61. The second kappa shape index (κ2) is 7.18. The van der Waals surface area contributed by atoms with Gasteiger partial charge in [-0.25, -0.2) is 4.98 Å². The third-order valence-corrected chi connectivity index (χ3v) is 6.42. The molecule has 1 atom stereocenters. The number of thioether (sulfide) groups is 1. The number of ether oxygens (including phenoxy) is 1. The van der Waals surface area contributed by atoms with Gasteiger partial charge in [0.1, 0.15) is 0 Å². The van der Waals surface area contributed by atoms with E-state index in [1.165, 1.54) is 34.4 Å². The lowest BCUT2D eigenvalue weighted by Gasteiger charge is -2.08. The zero-order valence-corrected chi connectivity index (χ0v) is 15.1. The van der Waals surface area contributed by atoms with Crippen LogP contribution in [0.5, 0.6) is 0 Å². The Labute approximate surface area is 150 Å². The summed E-state index contributed by atoms with van der Waals surface area (Å²) in [6.45, 7) is 1.62. The number of nitrogens with zero attached hydrogens (tertiary/aromatic N) is 4. The highest BCUT2D eigenvalue weighted by Crippen LogP contribution is 2.28. The zero-order valence-electron chi connectivity index (χ0n) is 12.7. The summed E-state index contributed by atoms with van der Waals surface area (Å²) >= 11 is 4.51. The summed E-state index contributed by atoms with van der Waals surface area (Å²) in [5, 5.41) is 14.2. The van der Waals surface area contributed by atoms with Gasteiger partial charge in [-0.15, -0.1) is 21.5 Å². The highest BCUT2D eigenvalue weighted by molar-refractivity contribution is 8.00. The van der Waals surface area contributed by atoms with Crippen LogP contribution < -0.4 is 10.9 Å². The number of rotatable bonds is 6. The lowest BCUT2D eigenvalue weighted by Crippen LogP contribution is -2.18. The van der Waals surface area contributed by atoms with Crippen molar-refractivity contribution in [3.8, 4) is 0 Å². The Hall–Kier alpha value is -1.49. The normalized spacial score (nSPS) is 17.6. The fraction of sp³-hybridized carbons (Fsp3) is 0.429. The van der Waals surface area contributed by atoms with E-state index in [4.69, 9.17) is 4.74 Å². The number of nitrogens with one attached hydrogen (secondary N) is 1. The van der Waals surface area contributed by atoms with Crippen molar-refractivity contribution in [1.82, 2.24) is 19.6 Å². The molecular formula is C14H15N5O2S3. The van der Waals surface area contributed by atoms with Crippen molar-refractivity contribution in [1.29, 1.82) is 0 Å². The molecule has 0 aromatic carbocycles. The van der Waals surface area contributed by atoms with Crippen molar-refractivity contribution in [2.45, 2.75) is 29.0 Å². The molecule has 10 heteroatoms. The largest absolute Gasteiger partial charge is 0.376 e. The van der Waals surface area contributed by atoms with Crippen LogP contribution >= 0.6 is 34.4 Å². The van der Waals surface area contributed by atoms with Crippen LogP contribution in [-0.4, -0.2) is 38.8 Å². The maximum atomic E-state index is 12.0. The Bertz CT molecular complexity index is 884. The van der Waals surface area contributed by atoms with Crippen LogP contribution in [-0.2, 0) is 10.5 Å². The first-order valence-corrected chi connectivity index (χ1v) is 10.2. The van der Waals surface area contributed by atoms with Gasteiger partial charge in [-0.2, -0.15) is 0 Å². The lowest BCUT2D eigenvalue weighted by atomic mass is 10.2. The van der Waals surface area contributed by atoms with E-state index in [0.717, 1.165) is 41.2 Å². The molecule has 1 fully saturated rings. The molecule has 0 aliphatic carbocycles. The Morgan fingerprint density at radius 1 is 1.46 bits per heavy atom. The predicted octanol–water partition coefficient (Wildman–Crippen LogP) is 2.49. The summed E-state index contributed by atoms with van der Waals surface area (Å²) in [5.41, 5.74) is 0.713. The van der Waals surface area contributed by atoms with Crippen molar-refractivity contribution >= 4 is 44.5 Å². The Morgan fingerprint density at radius 2 is 2.42 bits per heavy atom. The minimum Gasteiger partial charge on any atom is -0.376 e. The number of hydrogen-bond acceptors (Lipinski definition) is 9. The average molecular weight is 382 g/mol. The van der Waals surface area contributed by atoms with Crippen LogP contribution in [0.2, 0.25) is 0 Å². The first kappa shape index (κ1) is 16.0. The van der Waals surface area contributed by atoms with E-state index in [1.807, 2.05) is 5.38 Å². The van der Waals surface area contributed by atoms with E-state index in [-0.39, 0.29) is 11.7 Å². The topological polar surface area (TPSA) is 81.4 Å². The molecule has 1 aliphatic rings. The van der Waals surface area contributed by atoms with Crippen molar-refractivity contribution < 1.29 is 4.74 Å². The highest BCUT2D eigenvalue weighted by atomic mass is 32.2. The van der Waals surface area contributed by atoms with Gasteiger partial charge in [0.05, 0.1) is 11.8 Å². The van der Waals surface area contributed by atoms with Gasteiger partial charge < -0.3 is 10.1 Å². The molecule has 3 aromatic heterocycles. The van der Waals surface area contributed by atoms with Crippen LogP contribution in [0.15, 0.2) is 26.8 Å². The standard InChI is InChI=1S/C14H15N5O2S3/c20-11-6-9(16-13-19(11)3-5-22-13)8-23-14-18-17-12(24-14)15-7-10-2-1-4-21-10/h3,5-6,10H,1-2,4,7-8H2,(H,15,17)/t10-/m0/s1. The van der Waals surface area contributed by atoms with Crippen LogP contribution in [0.4, 0.5) is 5.13 Å². The number of aromatic nitrogens is 4. The van der Waals surface area contributed by atoms with Gasteiger partial charge in [0.2, 0.25) is 5.13 Å². The number of fused-ring (bicyclic) bond motifs is 1. The van der Waals surface area contributed by atoms with E-state index < -0.39 is 0 Å². The van der Waals surface area contributed by atoms with Gasteiger partial charge in [0.25, 0.3) is 5.56 Å².